The van der Waals surface area contributed by atoms with Gasteiger partial charge in [-0.15, -0.1) is 0 Å². The summed E-state index contributed by atoms with van der Waals surface area (Å²) >= 11 is 0. The quantitative estimate of drug-likeness (QED) is 0.553. The van der Waals surface area contributed by atoms with Crippen LogP contribution in [0, 0.1) is 0 Å². The molecule has 7 nitrogen and oxygen atoms in total. The summed E-state index contributed by atoms with van der Waals surface area (Å²) in [5, 5.41) is 0. The fourth-order valence-electron chi connectivity index (χ4n) is 1.37. The van der Waals surface area contributed by atoms with Crippen molar-refractivity contribution in [1.82, 2.24) is 4.57 Å². The second-order valence-electron chi connectivity index (χ2n) is 4.13. The average Bonchev–Trinajstić information content (AvgIpc) is 2.28. The van der Waals surface area contributed by atoms with Gasteiger partial charge in [0.05, 0.1) is 12.4 Å². The lowest BCUT2D eigenvalue weighted by Gasteiger charge is -2.07. The number of anilines is 1. The molecule has 0 fully saturated rings. The van der Waals surface area contributed by atoms with E-state index in [-0.39, 0.29) is 30.9 Å². The van der Waals surface area contributed by atoms with Gasteiger partial charge >= 0.3 is 5.97 Å². The van der Waals surface area contributed by atoms with Crippen LogP contribution in [0.25, 0.3) is 0 Å². The summed E-state index contributed by atoms with van der Waals surface area (Å²) in [7, 11) is -3.06. The van der Waals surface area contributed by atoms with E-state index in [9.17, 15) is 18.0 Å². The number of esters is 1. The van der Waals surface area contributed by atoms with Crippen LogP contribution < -0.4 is 11.3 Å². The highest BCUT2D eigenvalue weighted by molar-refractivity contribution is 7.90. The minimum atomic E-state index is -3.06. The van der Waals surface area contributed by atoms with Crippen LogP contribution in [0.15, 0.2) is 23.1 Å². The van der Waals surface area contributed by atoms with Gasteiger partial charge in [-0.25, -0.2) is 8.42 Å². The number of hydrogen-bond acceptors (Lipinski definition) is 6. The number of nitrogens with zero attached hydrogens (tertiary/aromatic N) is 1. The first-order chi connectivity index (χ1) is 8.78. The van der Waals surface area contributed by atoms with Gasteiger partial charge in [0, 0.05) is 24.2 Å². The van der Waals surface area contributed by atoms with Crippen molar-refractivity contribution in [3.05, 3.63) is 28.7 Å². The Morgan fingerprint density at radius 1 is 1.42 bits per heavy atom. The van der Waals surface area contributed by atoms with E-state index in [1.807, 2.05) is 0 Å². The molecule has 19 heavy (non-hydrogen) atoms. The highest BCUT2D eigenvalue weighted by atomic mass is 32.2. The summed E-state index contributed by atoms with van der Waals surface area (Å²) in [6.45, 7) is -0.244. The van der Waals surface area contributed by atoms with Crippen LogP contribution in [0.3, 0.4) is 0 Å². The Bertz CT molecular complexity index is 606. The van der Waals surface area contributed by atoms with Gasteiger partial charge < -0.3 is 15.0 Å². The minimum Gasteiger partial charge on any atom is -0.464 e. The third kappa shape index (κ3) is 6.05. The Labute approximate surface area is 110 Å². The van der Waals surface area contributed by atoms with Crippen molar-refractivity contribution in [1.29, 1.82) is 0 Å². The number of nitrogen functional groups attached to an aromatic ring is 1. The lowest BCUT2D eigenvalue weighted by atomic mass is 10.4. The minimum absolute atomic E-state index is 0.00295. The highest BCUT2D eigenvalue weighted by Gasteiger charge is 2.07. The summed E-state index contributed by atoms with van der Waals surface area (Å²) in [6.07, 6.45) is 2.69. The molecule has 0 atom stereocenters. The second kappa shape index (κ2) is 6.37. The molecule has 0 aromatic carbocycles. The molecule has 0 bridgehead atoms. The molecule has 0 amide bonds. The predicted molar refractivity (Wildman–Crippen MR) is 70.4 cm³/mol. The molecule has 0 aliphatic rings. The largest absolute Gasteiger partial charge is 0.464 e. The van der Waals surface area contributed by atoms with Gasteiger partial charge in [-0.2, -0.15) is 0 Å². The first-order valence-electron chi connectivity index (χ1n) is 5.57. The SMILES string of the molecule is CS(=O)(=O)CCCOC(=O)Cn1cc(N)ccc1=O. The molecular weight excluding hydrogens is 272 g/mol. The van der Waals surface area contributed by atoms with Crippen molar-refractivity contribution in [2.45, 2.75) is 13.0 Å². The van der Waals surface area contributed by atoms with Gasteiger partial charge in [0.15, 0.2) is 0 Å². The van der Waals surface area contributed by atoms with E-state index in [1.165, 1.54) is 18.3 Å². The Kier molecular flexibility index (Phi) is 5.11. The van der Waals surface area contributed by atoms with Crippen LogP contribution in [-0.4, -0.2) is 37.6 Å². The molecule has 0 radical (unpaired) electrons. The molecule has 0 aliphatic carbocycles. The molecule has 1 heterocycles. The molecule has 1 aromatic heterocycles. The Balaban J connectivity index is 2.43. The van der Waals surface area contributed by atoms with Gasteiger partial charge in [-0.1, -0.05) is 0 Å². The fraction of sp³-hybridized carbons (Fsp3) is 0.455. The Hall–Kier alpha value is -1.83. The summed E-state index contributed by atoms with van der Waals surface area (Å²) in [4.78, 5) is 22.8. The van der Waals surface area contributed by atoms with Crippen molar-refractivity contribution >= 4 is 21.5 Å². The second-order valence-corrected chi connectivity index (χ2v) is 6.39. The van der Waals surface area contributed by atoms with Crippen LogP contribution in [0.2, 0.25) is 0 Å². The zero-order chi connectivity index (χ0) is 14.5. The van der Waals surface area contributed by atoms with E-state index in [0.717, 1.165) is 10.8 Å². The van der Waals surface area contributed by atoms with E-state index in [1.54, 1.807) is 0 Å². The number of hydrogen-bond donors (Lipinski definition) is 1. The first-order valence-corrected chi connectivity index (χ1v) is 7.63. The number of aromatic nitrogens is 1. The standard InChI is InChI=1S/C11H16N2O5S/c1-19(16,17)6-2-5-18-11(15)8-13-7-9(12)3-4-10(13)14/h3-4,7H,2,5-6,8,12H2,1H3. The Morgan fingerprint density at radius 2 is 2.11 bits per heavy atom. The number of nitrogens with two attached hydrogens (primary N) is 1. The number of sulfone groups is 1. The smallest absolute Gasteiger partial charge is 0.326 e. The van der Waals surface area contributed by atoms with E-state index >= 15 is 0 Å². The summed E-state index contributed by atoms with van der Waals surface area (Å²) in [5.41, 5.74) is 5.50. The lowest BCUT2D eigenvalue weighted by Crippen LogP contribution is -2.25. The molecule has 2 N–H and O–H groups in total. The van der Waals surface area contributed by atoms with Crippen LogP contribution in [0.5, 0.6) is 0 Å². The van der Waals surface area contributed by atoms with Crippen LogP contribution >= 0.6 is 0 Å². The number of ether oxygens (including phenoxy) is 1. The number of carbonyl (C=O) groups is 1. The maximum absolute atomic E-state index is 11.4. The Morgan fingerprint density at radius 3 is 2.74 bits per heavy atom. The molecule has 0 saturated heterocycles. The molecular formula is C11H16N2O5S. The van der Waals surface area contributed by atoms with E-state index < -0.39 is 15.8 Å². The molecule has 1 aromatic rings. The molecule has 0 aliphatic heterocycles. The van der Waals surface area contributed by atoms with Gasteiger partial charge in [-0.3, -0.25) is 9.59 Å². The van der Waals surface area contributed by atoms with Crippen molar-refractivity contribution in [2.24, 2.45) is 0 Å². The van der Waals surface area contributed by atoms with E-state index in [2.05, 4.69) is 0 Å². The first kappa shape index (κ1) is 15.2. The van der Waals surface area contributed by atoms with E-state index in [0.29, 0.717) is 5.69 Å². The normalized spacial score (nSPS) is 11.2. The van der Waals surface area contributed by atoms with Crippen molar-refractivity contribution in [2.75, 3.05) is 24.3 Å². The zero-order valence-electron chi connectivity index (χ0n) is 10.5. The van der Waals surface area contributed by atoms with Crippen LogP contribution in [0.4, 0.5) is 5.69 Å². The fourth-order valence-corrected chi connectivity index (χ4v) is 2.01. The molecule has 0 saturated carbocycles. The molecule has 8 heteroatoms. The summed E-state index contributed by atoms with van der Waals surface area (Å²) < 4.78 is 27.7. The van der Waals surface area contributed by atoms with Crippen molar-refractivity contribution < 1.29 is 17.9 Å². The van der Waals surface area contributed by atoms with Crippen LogP contribution in [-0.2, 0) is 25.9 Å². The van der Waals surface area contributed by atoms with Crippen molar-refractivity contribution in [3.8, 4) is 0 Å². The predicted octanol–water partition coefficient (Wildman–Crippen LogP) is -0.592. The van der Waals surface area contributed by atoms with Gasteiger partial charge in [0.2, 0.25) is 0 Å². The van der Waals surface area contributed by atoms with Crippen molar-refractivity contribution in [3.63, 3.8) is 0 Å². The van der Waals surface area contributed by atoms with Gasteiger partial charge in [-0.05, 0) is 12.5 Å². The maximum Gasteiger partial charge on any atom is 0.326 e. The molecule has 106 valence electrons. The summed E-state index contributed by atoms with van der Waals surface area (Å²) in [6, 6.07) is 2.70. The highest BCUT2D eigenvalue weighted by Crippen LogP contribution is 1.97. The third-order valence-corrected chi connectivity index (χ3v) is 3.26. The molecule has 0 spiro atoms. The molecule has 0 unspecified atom stereocenters. The average molecular weight is 288 g/mol. The van der Waals surface area contributed by atoms with E-state index in [4.69, 9.17) is 10.5 Å². The molecule has 1 rings (SSSR count). The zero-order valence-corrected chi connectivity index (χ0v) is 11.4. The summed E-state index contributed by atoms with van der Waals surface area (Å²) in [5.74, 6) is -0.653. The monoisotopic (exact) mass is 288 g/mol. The topological polar surface area (TPSA) is 108 Å². The number of carbonyl (C=O) groups excluding carboxylic acids is 1. The third-order valence-electron chi connectivity index (χ3n) is 2.23. The van der Waals surface area contributed by atoms with Gasteiger partial charge in [0.25, 0.3) is 5.56 Å². The number of rotatable bonds is 6. The maximum atomic E-state index is 11.4. The number of pyridine rings is 1. The lowest BCUT2D eigenvalue weighted by molar-refractivity contribution is -0.144. The van der Waals surface area contributed by atoms with Gasteiger partial charge in [0.1, 0.15) is 16.4 Å². The van der Waals surface area contributed by atoms with Crippen LogP contribution in [0.1, 0.15) is 6.42 Å².